The molecule has 5 rings (SSSR count). The Balaban J connectivity index is 1.31. The first-order valence-electron chi connectivity index (χ1n) is 12.7. The van der Waals surface area contributed by atoms with Gasteiger partial charge in [-0.1, -0.05) is 0 Å². The summed E-state index contributed by atoms with van der Waals surface area (Å²) >= 11 is 0. The molecule has 0 spiro atoms. The van der Waals surface area contributed by atoms with Crippen molar-refractivity contribution in [3.05, 3.63) is 35.8 Å². The van der Waals surface area contributed by atoms with Gasteiger partial charge in [0, 0.05) is 61.6 Å². The summed E-state index contributed by atoms with van der Waals surface area (Å²) in [6.45, 7) is 6.64. The van der Waals surface area contributed by atoms with Gasteiger partial charge in [0.05, 0.1) is 23.0 Å². The lowest BCUT2D eigenvalue weighted by Gasteiger charge is -2.42. The predicted octanol–water partition coefficient (Wildman–Crippen LogP) is 4.52. The summed E-state index contributed by atoms with van der Waals surface area (Å²) in [6, 6.07) is 3.86. The maximum Gasteiger partial charge on any atom is 0.417 e. The smallest absolute Gasteiger partial charge is 0.351 e. The largest absolute Gasteiger partial charge is 0.417 e. The van der Waals surface area contributed by atoms with Crippen LogP contribution in [0.1, 0.15) is 43.7 Å². The van der Waals surface area contributed by atoms with Crippen LogP contribution in [-0.2, 0) is 6.18 Å². The Morgan fingerprint density at radius 3 is 2.51 bits per heavy atom. The summed E-state index contributed by atoms with van der Waals surface area (Å²) < 4.78 is 39.9. The molecule has 1 saturated carbocycles. The average Bonchev–Trinajstić information content (AvgIpc) is 3.32. The molecular weight excluding hydrogens is 481 g/mol. The summed E-state index contributed by atoms with van der Waals surface area (Å²) in [5.41, 5.74) is 0.288. The van der Waals surface area contributed by atoms with Gasteiger partial charge in [-0.3, -0.25) is 4.90 Å². The zero-order valence-electron chi connectivity index (χ0n) is 21.0. The second-order valence-corrected chi connectivity index (χ2v) is 10.2. The number of hydrogen-bond acceptors (Lipinski definition) is 7. The third-order valence-corrected chi connectivity index (χ3v) is 7.88. The van der Waals surface area contributed by atoms with E-state index >= 15 is 0 Å². The number of pyridine rings is 1. The van der Waals surface area contributed by atoms with E-state index < -0.39 is 11.7 Å². The third kappa shape index (κ3) is 5.40. The van der Waals surface area contributed by atoms with Crippen molar-refractivity contribution >= 4 is 17.0 Å². The first kappa shape index (κ1) is 25.4. The van der Waals surface area contributed by atoms with Crippen molar-refractivity contribution in [2.45, 2.75) is 50.9 Å². The lowest BCUT2D eigenvalue weighted by molar-refractivity contribution is -0.137. The van der Waals surface area contributed by atoms with Crippen molar-refractivity contribution in [3.8, 4) is 17.3 Å². The van der Waals surface area contributed by atoms with Crippen molar-refractivity contribution in [1.29, 1.82) is 5.26 Å². The second kappa shape index (κ2) is 10.3. The van der Waals surface area contributed by atoms with Gasteiger partial charge in [-0.05, 0) is 51.6 Å². The number of piperazine rings is 1. The highest BCUT2D eigenvalue weighted by atomic mass is 19.4. The van der Waals surface area contributed by atoms with Crippen molar-refractivity contribution in [2.75, 3.05) is 38.5 Å². The minimum Gasteiger partial charge on any atom is -0.351 e. The maximum absolute atomic E-state index is 13.3. The van der Waals surface area contributed by atoms with Crippen LogP contribution in [-0.4, -0.2) is 75.0 Å². The van der Waals surface area contributed by atoms with Crippen LogP contribution in [0.4, 0.5) is 19.1 Å². The molecule has 0 bridgehead atoms. The first-order valence-corrected chi connectivity index (χ1v) is 12.7. The first-order chi connectivity index (χ1) is 17.7. The number of aromatic amines is 1. The molecule has 11 heteroatoms. The quantitative estimate of drug-likeness (QED) is 0.519. The number of rotatable bonds is 5. The number of aromatic nitrogens is 4. The zero-order valence-corrected chi connectivity index (χ0v) is 21.0. The number of fused-ring (bicyclic) bond motifs is 1. The highest BCUT2D eigenvalue weighted by molar-refractivity contribution is 5.94. The van der Waals surface area contributed by atoms with E-state index in [0.717, 1.165) is 51.3 Å². The van der Waals surface area contributed by atoms with E-state index in [1.54, 1.807) is 0 Å². The molecule has 3 aromatic heterocycles. The maximum atomic E-state index is 13.3. The molecule has 4 heterocycles. The minimum atomic E-state index is -4.52. The monoisotopic (exact) mass is 512 g/mol. The number of anilines is 1. The Kier molecular flexibility index (Phi) is 7.05. The topological polar surface area (TPSA) is 96.8 Å². The number of hydrogen-bond donors (Lipinski definition) is 2. The lowest BCUT2D eigenvalue weighted by Crippen LogP contribution is -2.50. The number of alkyl halides is 3. The molecule has 3 aromatic rings. The van der Waals surface area contributed by atoms with Gasteiger partial charge in [0.1, 0.15) is 11.7 Å². The van der Waals surface area contributed by atoms with Crippen LogP contribution >= 0.6 is 0 Å². The number of H-pyrrole nitrogens is 1. The van der Waals surface area contributed by atoms with E-state index in [1.165, 1.54) is 25.2 Å². The fourth-order valence-corrected chi connectivity index (χ4v) is 5.57. The SMILES string of the molecule is C[C@@H](Nc1ncc(C#N)c(-c2c[nH]c3ncc(C(F)(F)F)cc23)n1)[C@H]1CC[C@H](N2CCN(C)CC2)CC1. The molecule has 1 aliphatic carbocycles. The van der Waals surface area contributed by atoms with Crippen LogP contribution in [0.3, 0.4) is 0 Å². The van der Waals surface area contributed by atoms with E-state index in [9.17, 15) is 18.4 Å². The second-order valence-electron chi connectivity index (χ2n) is 10.2. The van der Waals surface area contributed by atoms with E-state index in [0.29, 0.717) is 29.1 Å². The molecule has 2 fully saturated rings. The van der Waals surface area contributed by atoms with Crippen LogP contribution in [0.25, 0.3) is 22.3 Å². The summed E-state index contributed by atoms with van der Waals surface area (Å²) in [4.78, 5) is 20.7. The van der Waals surface area contributed by atoms with Crippen LogP contribution in [0.5, 0.6) is 0 Å². The number of nitriles is 1. The van der Waals surface area contributed by atoms with Gasteiger partial charge < -0.3 is 15.2 Å². The molecule has 0 amide bonds. The van der Waals surface area contributed by atoms with Gasteiger partial charge in [-0.25, -0.2) is 15.0 Å². The van der Waals surface area contributed by atoms with Gasteiger partial charge in [0.15, 0.2) is 0 Å². The minimum absolute atomic E-state index is 0.121. The summed E-state index contributed by atoms with van der Waals surface area (Å²) in [7, 11) is 2.17. The van der Waals surface area contributed by atoms with Gasteiger partial charge in [0.25, 0.3) is 0 Å². The van der Waals surface area contributed by atoms with Crippen molar-refractivity contribution in [3.63, 3.8) is 0 Å². The highest BCUT2D eigenvalue weighted by Crippen LogP contribution is 2.35. The summed E-state index contributed by atoms with van der Waals surface area (Å²) in [6.07, 6.45) is 3.79. The Morgan fingerprint density at radius 2 is 1.84 bits per heavy atom. The number of halogens is 3. The van der Waals surface area contributed by atoms with E-state index in [-0.39, 0.29) is 22.7 Å². The lowest BCUT2D eigenvalue weighted by atomic mass is 9.81. The molecule has 2 aliphatic rings. The fourth-order valence-electron chi connectivity index (χ4n) is 5.57. The Bertz CT molecular complexity index is 1280. The van der Waals surface area contributed by atoms with Crippen LogP contribution in [0.2, 0.25) is 0 Å². The Labute approximate surface area is 213 Å². The van der Waals surface area contributed by atoms with E-state index in [4.69, 9.17) is 0 Å². The van der Waals surface area contributed by atoms with Gasteiger partial charge >= 0.3 is 6.18 Å². The molecule has 37 heavy (non-hydrogen) atoms. The Morgan fingerprint density at radius 1 is 1.11 bits per heavy atom. The molecular formula is C26H31F3N8. The van der Waals surface area contributed by atoms with Gasteiger partial charge in [-0.2, -0.15) is 18.4 Å². The fraction of sp³-hybridized carbons (Fsp3) is 0.538. The standard InChI is InChI=1S/C26H31F3N8/c1-16(17-3-5-20(6-4-17)37-9-7-36(2)8-10-37)34-25-33-13-18(12-30)23(35-25)22-15-32-24-21(22)11-19(14-31-24)26(27,28)29/h11,13-17,20H,3-10H2,1-2H3,(H,31,32)(H,33,34,35)/t16-,17-,20-/m1/s1. The number of nitrogens with zero attached hydrogens (tertiary/aromatic N) is 6. The van der Waals surface area contributed by atoms with Crippen molar-refractivity contribution in [1.82, 2.24) is 29.7 Å². The predicted molar refractivity (Wildman–Crippen MR) is 135 cm³/mol. The highest BCUT2D eigenvalue weighted by Gasteiger charge is 2.32. The molecule has 1 atom stereocenters. The zero-order chi connectivity index (χ0) is 26.2. The normalized spacial score (nSPS) is 22.6. The van der Waals surface area contributed by atoms with Crippen LogP contribution < -0.4 is 5.32 Å². The van der Waals surface area contributed by atoms with E-state index in [1.807, 2.05) is 0 Å². The molecule has 0 unspecified atom stereocenters. The Hall–Kier alpha value is -3.23. The third-order valence-electron chi connectivity index (χ3n) is 7.88. The molecule has 1 saturated heterocycles. The van der Waals surface area contributed by atoms with Crippen LogP contribution in [0, 0.1) is 17.2 Å². The number of nitrogens with one attached hydrogen (secondary N) is 2. The van der Waals surface area contributed by atoms with Crippen molar-refractivity contribution < 1.29 is 13.2 Å². The molecule has 2 N–H and O–H groups in total. The summed E-state index contributed by atoms with van der Waals surface area (Å²) in [5.74, 6) is 0.829. The number of likely N-dealkylation sites (N-methyl/N-ethyl adjacent to an activating group) is 1. The molecule has 0 aromatic carbocycles. The molecule has 0 radical (unpaired) electrons. The average molecular weight is 513 g/mol. The van der Waals surface area contributed by atoms with Crippen LogP contribution in [0.15, 0.2) is 24.7 Å². The van der Waals surface area contributed by atoms with Crippen molar-refractivity contribution in [2.24, 2.45) is 5.92 Å². The molecule has 196 valence electrons. The van der Waals surface area contributed by atoms with Gasteiger partial charge in [-0.15, -0.1) is 0 Å². The molecule has 1 aliphatic heterocycles. The van der Waals surface area contributed by atoms with Gasteiger partial charge in [0.2, 0.25) is 5.95 Å². The molecule has 8 nitrogen and oxygen atoms in total. The van der Waals surface area contributed by atoms with E-state index in [2.05, 4.69) is 55.1 Å². The summed E-state index contributed by atoms with van der Waals surface area (Å²) in [5, 5.41) is 13.3.